The van der Waals surface area contributed by atoms with E-state index in [9.17, 15) is 13.2 Å². The molecule has 33 heavy (non-hydrogen) atoms. The van der Waals surface area contributed by atoms with Gasteiger partial charge in [0.15, 0.2) is 0 Å². The number of alkyl halides is 3. The predicted octanol–water partition coefficient (Wildman–Crippen LogP) is 8.81. The summed E-state index contributed by atoms with van der Waals surface area (Å²) in [7, 11) is 0. The Labute approximate surface area is 198 Å². The van der Waals surface area contributed by atoms with Crippen molar-refractivity contribution in [1.82, 2.24) is 0 Å². The molecule has 0 aromatic heterocycles. The molecular formula is C30H37F3. The van der Waals surface area contributed by atoms with Crippen LogP contribution in [0.15, 0.2) is 36.4 Å². The fourth-order valence-corrected chi connectivity index (χ4v) is 5.02. The Hall–Kier alpha value is -2.13. The van der Waals surface area contributed by atoms with E-state index < -0.39 is 11.7 Å². The minimum Gasteiger partial charge on any atom is -0.166 e. The molecule has 2 aliphatic carbocycles. The van der Waals surface area contributed by atoms with E-state index in [1.807, 2.05) is 6.08 Å². The third kappa shape index (κ3) is 8.97. The average molecular weight is 455 g/mol. The summed E-state index contributed by atoms with van der Waals surface area (Å²) >= 11 is 0. The van der Waals surface area contributed by atoms with Gasteiger partial charge in [0.25, 0.3) is 0 Å². The zero-order valence-electron chi connectivity index (χ0n) is 19.9. The number of halogens is 3. The number of unbranched alkanes of at least 4 members (excludes halogenated alkanes) is 2. The van der Waals surface area contributed by atoms with Crippen LogP contribution in [0.3, 0.4) is 0 Å². The van der Waals surface area contributed by atoms with Crippen LogP contribution in [-0.2, 0) is 6.18 Å². The number of allylic oxidation sites excluding steroid dienone is 2. The van der Waals surface area contributed by atoms with Crippen molar-refractivity contribution in [2.75, 3.05) is 0 Å². The highest BCUT2D eigenvalue weighted by atomic mass is 19.4. The molecule has 0 N–H and O–H groups in total. The van der Waals surface area contributed by atoms with Gasteiger partial charge in [0, 0.05) is 17.4 Å². The van der Waals surface area contributed by atoms with Crippen LogP contribution in [0.2, 0.25) is 0 Å². The first kappa shape index (κ1) is 25.5. The summed E-state index contributed by atoms with van der Waals surface area (Å²) < 4.78 is 37.8. The van der Waals surface area contributed by atoms with Crippen molar-refractivity contribution >= 4 is 0 Å². The first-order valence-corrected chi connectivity index (χ1v) is 12.8. The summed E-state index contributed by atoms with van der Waals surface area (Å²) in [5, 5.41) is 0. The van der Waals surface area contributed by atoms with Gasteiger partial charge >= 0.3 is 6.18 Å². The molecule has 0 radical (unpaired) electrons. The standard InChI is InChI=1S/C30H37F3/c1-2-3-4-7-24-10-14-27(15-11-24)18-19-28-16-12-25(13-17-28)8-5-6-9-26-20-22-29(23-21-26)30(31,32)33/h5,8,20-25,27-28H,2-4,7,10-17H2,1H3/t24-,25-,27-,28-. The van der Waals surface area contributed by atoms with E-state index >= 15 is 0 Å². The van der Waals surface area contributed by atoms with Crippen LogP contribution in [0.5, 0.6) is 0 Å². The van der Waals surface area contributed by atoms with Gasteiger partial charge < -0.3 is 0 Å². The van der Waals surface area contributed by atoms with E-state index in [1.54, 1.807) is 0 Å². The van der Waals surface area contributed by atoms with Gasteiger partial charge in [-0.1, -0.05) is 62.4 Å². The topological polar surface area (TPSA) is 0 Å². The van der Waals surface area contributed by atoms with Gasteiger partial charge in [0.2, 0.25) is 0 Å². The maximum Gasteiger partial charge on any atom is 0.416 e. The first-order chi connectivity index (χ1) is 15.9. The molecule has 0 bridgehead atoms. The zero-order valence-corrected chi connectivity index (χ0v) is 19.9. The van der Waals surface area contributed by atoms with Crippen LogP contribution in [0, 0.1) is 47.4 Å². The van der Waals surface area contributed by atoms with Gasteiger partial charge in [0.1, 0.15) is 0 Å². The SMILES string of the molecule is CCCCC[C@H]1CC[C@H](C#C[C@H]2CC[C@H](C=CC#Cc3ccc(C(F)(F)F)cc3)CC2)CC1. The summed E-state index contributed by atoms with van der Waals surface area (Å²) in [5.41, 5.74) is -0.0415. The lowest BCUT2D eigenvalue weighted by molar-refractivity contribution is -0.137. The Balaban J connectivity index is 1.36. The summed E-state index contributed by atoms with van der Waals surface area (Å²) in [6.45, 7) is 2.28. The van der Waals surface area contributed by atoms with Crippen molar-refractivity contribution < 1.29 is 13.2 Å². The van der Waals surface area contributed by atoms with Crippen LogP contribution in [-0.4, -0.2) is 0 Å². The van der Waals surface area contributed by atoms with Crippen molar-refractivity contribution in [3.8, 4) is 23.7 Å². The monoisotopic (exact) mass is 454 g/mol. The second-order valence-corrected chi connectivity index (χ2v) is 9.82. The fourth-order valence-electron chi connectivity index (χ4n) is 5.02. The molecule has 3 heteroatoms. The molecule has 2 fully saturated rings. The molecule has 0 spiro atoms. The molecule has 0 heterocycles. The molecule has 0 unspecified atom stereocenters. The summed E-state index contributed by atoms with van der Waals surface area (Å²) in [6, 6.07) is 5.00. The lowest BCUT2D eigenvalue weighted by Crippen LogP contribution is -2.14. The molecule has 0 amide bonds. The second-order valence-electron chi connectivity index (χ2n) is 9.82. The highest BCUT2D eigenvalue weighted by Gasteiger charge is 2.29. The van der Waals surface area contributed by atoms with Crippen molar-refractivity contribution in [3.05, 3.63) is 47.5 Å². The molecule has 1 aromatic carbocycles. The fraction of sp³-hybridized carbons (Fsp3) is 0.600. The summed E-state index contributed by atoms with van der Waals surface area (Å²) in [6.07, 6.45) is 15.1. The molecular weight excluding hydrogens is 417 g/mol. The van der Waals surface area contributed by atoms with Crippen LogP contribution in [0.4, 0.5) is 13.2 Å². The third-order valence-electron chi connectivity index (χ3n) is 7.21. The van der Waals surface area contributed by atoms with E-state index in [4.69, 9.17) is 0 Å². The van der Waals surface area contributed by atoms with E-state index in [2.05, 4.69) is 36.7 Å². The highest BCUT2D eigenvalue weighted by Crippen LogP contribution is 2.33. The third-order valence-corrected chi connectivity index (χ3v) is 7.21. The molecule has 2 aliphatic rings. The number of hydrogen-bond acceptors (Lipinski definition) is 0. The van der Waals surface area contributed by atoms with Crippen molar-refractivity contribution in [3.63, 3.8) is 0 Å². The Kier molecular flexibility index (Phi) is 9.99. The van der Waals surface area contributed by atoms with Crippen molar-refractivity contribution in [2.45, 2.75) is 90.1 Å². The largest absolute Gasteiger partial charge is 0.416 e. The lowest BCUT2D eigenvalue weighted by Gasteiger charge is -2.26. The van der Waals surface area contributed by atoms with E-state index in [1.165, 1.54) is 63.5 Å². The number of hydrogen-bond donors (Lipinski definition) is 0. The van der Waals surface area contributed by atoms with Gasteiger partial charge in [0.05, 0.1) is 5.56 Å². The van der Waals surface area contributed by atoms with Gasteiger partial charge in [-0.25, -0.2) is 0 Å². The summed E-state index contributed by atoms with van der Waals surface area (Å²) in [4.78, 5) is 0. The summed E-state index contributed by atoms with van der Waals surface area (Å²) in [5.74, 6) is 15.7. The smallest absolute Gasteiger partial charge is 0.166 e. The predicted molar refractivity (Wildman–Crippen MR) is 130 cm³/mol. The van der Waals surface area contributed by atoms with Gasteiger partial charge in [-0.3, -0.25) is 0 Å². The van der Waals surface area contributed by atoms with Crippen LogP contribution >= 0.6 is 0 Å². The molecule has 2 saturated carbocycles. The molecule has 178 valence electrons. The Morgan fingerprint density at radius 2 is 1.45 bits per heavy atom. The highest BCUT2D eigenvalue weighted by molar-refractivity contribution is 5.39. The molecule has 0 nitrogen and oxygen atoms in total. The second kappa shape index (κ2) is 12.9. The van der Waals surface area contributed by atoms with E-state index in [-0.39, 0.29) is 0 Å². The van der Waals surface area contributed by atoms with Gasteiger partial charge in [-0.05, 0) is 93.5 Å². The molecule has 0 atom stereocenters. The van der Waals surface area contributed by atoms with E-state index in [0.717, 1.165) is 43.7 Å². The molecule has 0 saturated heterocycles. The zero-order chi connectivity index (χ0) is 23.5. The normalized spacial score (nSPS) is 25.7. The Morgan fingerprint density at radius 3 is 2.03 bits per heavy atom. The molecule has 0 aliphatic heterocycles. The first-order valence-electron chi connectivity index (χ1n) is 12.8. The van der Waals surface area contributed by atoms with Crippen LogP contribution in [0.1, 0.15) is 95.1 Å². The molecule has 3 rings (SSSR count). The minimum absolute atomic E-state index is 0.531. The van der Waals surface area contributed by atoms with Crippen LogP contribution < -0.4 is 0 Å². The number of benzene rings is 1. The minimum atomic E-state index is -4.30. The Morgan fingerprint density at radius 1 is 0.848 bits per heavy atom. The maximum absolute atomic E-state index is 12.6. The van der Waals surface area contributed by atoms with Crippen molar-refractivity contribution in [2.24, 2.45) is 23.7 Å². The van der Waals surface area contributed by atoms with Gasteiger partial charge in [-0.2, -0.15) is 13.2 Å². The van der Waals surface area contributed by atoms with Crippen molar-refractivity contribution in [1.29, 1.82) is 0 Å². The molecule has 1 aromatic rings. The van der Waals surface area contributed by atoms with Gasteiger partial charge in [-0.15, -0.1) is 0 Å². The quantitative estimate of drug-likeness (QED) is 0.308. The Bertz CT molecular complexity index is 854. The number of rotatable bonds is 5. The average Bonchev–Trinajstić information content (AvgIpc) is 2.82. The lowest BCUT2D eigenvalue weighted by atomic mass is 9.79. The van der Waals surface area contributed by atoms with Crippen LogP contribution in [0.25, 0.3) is 0 Å². The maximum atomic E-state index is 12.6. The van der Waals surface area contributed by atoms with E-state index in [0.29, 0.717) is 23.3 Å².